The largest absolute Gasteiger partial charge is 0.325 e. The molecule has 2 N–H and O–H groups in total. The van der Waals surface area contributed by atoms with Crippen LogP contribution in [0.15, 0.2) is 60.8 Å². The van der Waals surface area contributed by atoms with Gasteiger partial charge in [0, 0.05) is 11.1 Å². The van der Waals surface area contributed by atoms with Gasteiger partial charge in [-0.3, -0.25) is 14.5 Å². The third kappa shape index (κ3) is 3.42. The van der Waals surface area contributed by atoms with Gasteiger partial charge in [0.2, 0.25) is 5.91 Å². The number of amides is 4. The van der Waals surface area contributed by atoms with E-state index in [1.807, 2.05) is 36.4 Å². The van der Waals surface area contributed by atoms with Crippen molar-refractivity contribution in [1.29, 1.82) is 0 Å². The number of hydrogen-bond donors (Lipinski definition) is 2. The number of hydrogen-bond acceptors (Lipinski definition) is 4. The highest BCUT2D eigenvalue weighted by Crippen LogP contribution is 2.41. The van der Waals surface area contributed by atoms with Crippen LogP contribution in [-0.4, -0.2) is 39.1 Å². The minimum absolute atomic E-state index is 0.374. The van der Waals surface area contributed by atoms with Crippen molar-refractivity contribution in [2.24, 2.45) is 0 Å². The predicted octanol–water partition coefficient (Wildman–Crippen LogP) is 2.92. The predicted molar refractivity (Wildman–Crippen MR) is 118 cm³/mol. The molecule has 8 nitrogen and oxygen atoms in total. The zero-order chi connectivity index (χ0) is 22.3. The Morgan fingerprint density at radius 3 is 2.72 bits per heavy atom. The molecule has 0 saturated carbocycles. The van der Waals surface area contributed by atoms with Crippen molar-refractivity contribution in [3.8, 4) is 0 Å². The first kappa shape index (κ1) is 20.3. The van der Waals surface area contributed by atoms with Crippen LogP contribution in [0.1, 0.15) is 23.1 Å². The molecule has 2 aliphatic rings. The molecule has 3 aromatic rings. The molecule has 1 saturated heterocycles. The molecule has 1 fully saturated rings. The number of benzene rings is 2. The van der Waals surface area contributed by atoms with Crippen LogP contribution in [0.4, 0.5) is 10.6 Å². The SMILES string of the molecule is O=C(CN1C(=O)N[C@@]2(CCc3ccccc32)C1=O)Nc1ccnn1Cc1ccc(Cl)cc1. The van der Waals surface area contributed by atoms with Gasteiger partial charge in [-0.1, -0.05) is 48.0 Å². The van der Waals surface area contributed by atoms with Gasteiger partial charge in [0.25, 0.3) is 5.91 Å². The van der Waals surface area contributed by atoms with Gasteiger partial charge in [-0.25, -0.2) is 9.48 Å². The highest BCUT2D eigenvalue weighted by atomic mass is 35.5. The van der Waals surface area contributed by atoms with Crippen molar-refractivity contribution in [3.05, 3.63) is 82.5 Å². The van der Waals surface area contributed by atoms with Crippen molar-refractivity contribution < 1.29 is 14.4 Å². The number of urea groups is 1. The summed E-state index contributed by atoms with van der Waals surface area (Å²) in [5, 5.41) is 10.5. The van der Waals surface area contributed by atoms with Crippen molar-refractivity contribution in [2.45, 2.75) is 24.9 Å². The average molecular weight is 450 g/mol. The fraction of sp³-hybridized carbons (Fsp3) is 0.217. The Bertz CT molecular complexity index is 1220. The lowest BCUT2D eigenvalue weighted by Crippen LogP contribution is -2.43. The zero-order valence-corrected chi connectivity index (χ0v) is 17.8. The first-order valence-electron chi connectivity index (χ1n) is 10.2. The van der Waals surface area contributed by atoms with Crippen molar-refractivity contribution in [3.63, 3.8) is 0 Å². The van der Waals surface area contributed by atoms with E-state index in [0.29, 0.717) is 30.2 Å². The topological polar surface area (TPSA) is 96.3 Å². The van der Waals surface area contributed by atoms with Crippen molar-refractivity contribution in [2.75, 3.05) is 11.9 Å². The summed E-state index contributed by atoms with van der Waals surface area (Å²) < 4.78 is 1.63. The van der Waals surface area contributed by atoms with Gasteiger partial charge in [0.1, 0.15) is 17.9 Å². The van der Waals surface area contributed by atoms with Gasteiger partial charge in [0.05, 0.1) is 12.7 Å². The van der Waals surface area contributed by atoms with Gasteiger partial charge >= 0.3 is 6.03 Å². The summed E-state index contributed by atoms with van der Waals surface area (Å²) in [6, 6.07) is 16.0. The Balaban J connectivity index is 1.29. The number of aromatic nitrogens is 2. The number of carbonyl (C=O) groups is 3. The van der Waals surface area contributed by atoms with Crippen LogP contribution >= 0.6 is 11.6 Å². The highest BCUT2D eigenvalue weighted by molar-refractivity contribution is 6.30. The fourth-order valence-corrected chi connectivity index (χ4v) is 4.51. The van der Waals surface area contributed by atoms with E-state index in [2.05, 4.69) is 15.7 Å². The Labute approximate surface area is 189 Å². The number of rotatable bonds is 5. The van der Waals surface area contributed by atoms with E-state index in [0.717, 1.165) is 21.6 Å². The molecule has 162 valence electrons. The first-order valence-corrected chi connectivity index (χ1v) is 10.6. The second kappa shape index (κ2) is 7.80. The molecule has 1 atom stereocenters. The molecule has 5 rings (SSSR count). The number of nitrogens with one attached hydrogen (secondary N) is 2. The fourth-order valence-electron chi connectivity index (χ4n) is 4.39. The summed E-state index contributed by atoms with van der Waals surface area (Å²) >= 11 is 5.93. The van der Waals surface area contributed by atoms with Gasteiger partial charge in [-0.2, -0.15) is 5.10 Å². The van der Waals surface area contributed by atoms with Crippen LogP contribution in [0.5, 0.6) is 0 Å². The van der Waals surface area contributed by atoms with Crippen LogP contribution in [-0.2, 0) is 28.1 Å². The maximum Gasteiger partial charge on any atom is 0.325 e. The van der Waals surface area contributed by atoms with Gasteiger partial charge in [-0.15, -0.1) is 0 Å². The summed E-state index contributed by atoms with van der Waals surface area (Å²) in [5.41, 5.74) is 1.73. The highest BCUT2D eigenvalue weighted by Gasteiger charge is 2.55. The molecule has 4 amide bonds. The van der Waals surface area contributed by atoms with Gasteiger partial charge < -0.3 is 10.6 Å². The molecule has 1 spiro atoms. The maximum absolute atomic E-state index is 13.2. The van der Waals surface area contributed by atoms with E-state index in [1.54, 1.807) is 29.1 Å². The summed E-state index contributed by atoms with van der Waals surface area (Å²) in [5.74, 6) is -0.398. The van der Waals surface area contributed by atoms with Crippen LogP contribution in [0.2, 0.25) is 5.02 Å². The second-order valence-corrected chi connectivity index (χ2v) is 8.37. The third-order valence-corrected chi connectivity index (χ3v) is 6.21. The van der Waals surface area contributed by atoms with E-state index in [-0.39, 0.29) is 6.54 Å². The third-order valence-electron chi connectivity index (χ3n) is 5.95. The summed E-state index contributed by atoms with van der Waals surface area (Å²) in [6.45, 7) is 0.0590. The zero-order valence-electron chi connectivity index (χ0n) is 17.0. The molecule has 0 unspecified atom stereocenters. The van der Waals surface area contributed by atoms with E-state index in [1.165, 1.54) is 0 Å². The van der Waals surface area contributed by atoms with Gasteiger partial charge in [-0.05, 0) is 41.7 Å². The lowest BCUT2D eigenvalue weighted by Gasteiger charge is -2.22. The van der Waals surface area contributed by atoms with Gasteiger partial charge in [0.15, 0.2) is 0 Å². The summed E-state index contributed by atoms with van der Waals surface area (Å²) in [4.78, 5) is 39.5. The molecule has 0 radical (unpaired) electrons. The average Bonchev–Trinajstić information content (AvgIpc) is 3.44. The van der Waals surface area contributed by atoms with E-state index in [4.69, 9.17) is 11.6 Å². The number of nitrogens with zero attached hydrogens (tertiary/aromatic N) is 3. The minimum atomic E-state index is -1.08. The minimum Gasteiger partial charge on any atom is -0.319 e. The lowest BCUT2D eigenvalue weighted by molar-refractivity contribution is -0.134. The molecule has 1 aromatic heterocycles. The van der Waals surface area contributed by atoms with Crippen molar-refractivity contribution >= 4 is 35.3 Å². The first-order chi connectivity index (χ1) is 15.5. The molecule has 0 bridgehead atoms. The Morgan fingerprint density at radius 2 is 1.91 bits per heavy atom. The Kier molecular flexibility index (Phi) is 4.94. The molecule has 2 heterocycles. The Hall–Kier alpha value is -3.65. The number of anilines is 1. The lowest BCUT2D eigenvalue weighted by atomic mass is 9.92. The number of imide groups is 1. The van der Waals surface area contributed by atoms with E-state index >= 15 is 0 Å². The molecule has 9 heteroatoms. The number of fused-ring (bicyclic) bond motifs is 2. The quantitative estimate of drug-likeness (QED) is 0.585. The second-order valence-electron chi connectivity index (χ2n) is 7.93. The standard InChI is InChI=1S/C23H20ClN5O3/c24-17-7-5-15(6-8-17)13-29-19(10-12-25-29)26-20(30)14-28-21(31)23(27-22(28)32)11-9-16-3-1-2-4-18(16)23/h1-8,10,12H,9,11,13-14H2,(H,26,30)(H,27,32)/t23-/m1/s1. The van der Waals surface area contributed by atoms with E-state index in [9.17, 15) is 14.4 Å². The summed E-state index contributed by atoms with van der Waals surface area (Å²) in [6.07, 6.45) is 2.76. The smallest absolute Gasteiger partial charge is 0.319 e. The van der Waals surface area contributed by atoms with Crippen LogP contribution in [0, 0.1) is 0 Å². The van der Waals surface area contributed by atoms with Crippen LogP contribution in [0.3, 0.4) is 0 Å². The monoisotopic (exact) mass is 449 g/mol. The Morgan fingerprint density at radius 1 is 1.12 bits per heavy atom. The number of halogens is 1. The molecular formula is C23H20ClN5O3. The maximum atomic E-state index is 13.2. The number of carbonyl (C=O) groups excluding carboxylic acids is 3. The number of aryl methyl sites for hydroxylation is 1. The van der Waals surface area contributed by atoms with Crippen LogP contribution in [0.25, 0.3) is 0 Å². The molecule has 2 aromatic carbocycles. The van der Waals surface area contributed by atoms with Crippen molar-refractivity contribution in [1.82, 2.24) is 20.0 Å². The van der Waals surface area contributed by atoms with Crippen LogP contribution < -0.4 is 10.6 Å². The molecule has 32 heavy (non-hydrogen) atoms. The summed E-state index contributed by atoms with van der Waals surface area (Å²) in [7, 11) is 0. The molecule has 1 aliphatic heterocycles. The normalized spacial score (nSPS) is 19.3. The van der Waals surface area contributed by atoms with E-state index < -0.39 is 23.4 Å². The molecule has 1 aliphatic carbocycles. The molecular weight excluding hydrogens is 430 g/mol.